The van der Waals surface area contributed by atoms with Crippen LogP contribution >= 0.6 is 0 Å². The Labute approximate surface area is 139 Å². The molecule has 0 aliphatic carbocycles. The van der Waals surface area contributed by atoms with Crippen molar-refractivity contribution < 1.29 is 28.8 Å². The second kappa shape index (κ2) is 9.52. The minimum Gasteiger partial charge on any atom is -0.387 e. The van der Waals surface area contributed by atoms with Gasteiger partial charge in [0, 0.05) is 28.4 Å². The Morgan fingerprint density at radius 3 is 2.00 bits per heavy atom. The third kappa shape index (κ3) is 4.41. The zero-order valence-corrected chi connectivity index (χ0v) is 14.6. The molecule has 0 amide bonds. The molecule has 1 unspecified atom stereocenters. The fourth-order valence-electron chi connectivity index (χ4n) is 3.17. The summed E-state index contributed by atoms with van der Waals surface area (Å²) < 4.78 is 28.0. The highest BCUT2D eigenvalue weighted by atomic mass is 16.7. The molecular formula is C17H30O6. The number of methoxy groups -OCH3 is 4. The Balaban J connectivity index is 3.17. The standard InChI is InChI=1S/C17H30O6/c1-7-9-11-17(18,10-8-2)15-13(20-4)12(19-3)14(21-5)16(22-6)23-15/h7-8,12-16,18H,1-2,9-11H2,3-6H3/t12-,13-,14+,15-,16-,17?/m0/s1. The molecule has 134 valence electrons. The summed E-state index contributed by atoms with van der Waals surface area (Å²) in [6, 6.07) is 0. The molecule has 1 aliphatic heterocycles. The Hall–Kier alpha value is -0.760. The predicted molar refractivity (Wildman–Crippen MR) is 87.3 cm³/mol. The fraction of sp³-hybridized carbons (Fsp3) is 0.765. The summed E-state index contributed by atoms with van der Waals surface area (Å²) >= 11 is 0. The molecule has 1 rings (SSSR count). The molecular weight excluding hydrogens is 300 g/mol. The van der Waals surface area contributed by atoms with E-state index in [1.807, 2.05) is 0 Å². The summed E-state index contributed by atoms with van der Waals surface area (Å²) in [6.45, 7) is 7.46. The molecule has 0 saturated carbocycles. The SMILES string of the molecule is C=CCCC(O)(CC=C)[C@H]1O[C@H](OC)[C@H](OC)[C@@H](OC)[C@@H]1OC. The van der Waals surface area contributed by atoms with Crippen molar-refractivity contribution in [2.24, 2.45) is 0 Å². The largest absolute Gasteiger partial charge is 0.387 e. The first-order valence-corrected chi connectivity index (χ1v) is 7.73. The molecule has 1 saturated heterocycles. The van der Waals surface area contributed by atoms with Gasteiger partial charge in [-0.1, -0.05) is 12.2 Å². The third-order valence-electron chi connectivity index (χ3n) is 4.35. The summed E-state index contributed by atoms with van der Waals surface area (Å²) in [5.74, 6) is 0. The quantitative estimate of drug-likeness (QED) is 0.615. The van der Waals surface area contributed by atoms with Gasteiger partial charge in [0.05, 0.1) is 5.60 Å². The summed E-state index contributed by atoms with van der Waals surface area (Å²) in [5.41, 5.74) is -1.16. The van der Waals surface area contributed by atoms with Crippen molar-refractivity contribution in [3.05, 3.63) is 25.3 Å². The van der Waals surface area contributed by atoms with Gasteiger partial charge < -0.3 is 28.8 Å². The van der Waals surface area contributed by atoms with E-state index in [0.29, 0.717) is 19.3 Å². The first-order chi connectivity index (χ1) is 11.0. The molecule has 6 nitrogen and oxygen atoms in total. The number of hydrogen-bond acceptors (Lipinski definition) is 6. The molecule has 0 aromatic carbocycles. The van der Waals surface area contributed by atoms with Crippen LogP contribution in [0.4, 0.5) is 0 Å². The molecule has 1 heterocycles. The van der Waals surface area contributed by atoms with Gasteiger partial charge in [-0.15, -0.1) is 13.2 Å². The van der Waals surface area contributed by atoms with Crippen molar-refractivity contribution in [2.75, 3.05) is 28.4 Å². The van der Waals surface area contributed by atoms with Gasteiger partial charge in [0.1, 0.15) is 24.4 Å². The minimum atomic E-state index is -1.16. The first kappa shape index (κ1) is 20.3. The third-order valence-corrected chi connectivity index (χ3v) is 4.35. The fourth-order valence-corrected chi connectivity index (χ4v) is 3.17. The lowest BCUT2D eigenvalue weighted by Gasteiger charge is -2.49. The van der Waals surface area contributed by atoms with Crippen LogP contribution < -0.4 is 0 Å². The van der Waals surface area contributed by atoms with Crippen molar-refractivity contribution in [3.8, 4) is 0 Å². The Morgan fingerprint density at radius 2 is 1.57 bits per heavy atom. The minimum absolute atomic E-state index is 0.357. The average Bonchev–Trinajstić information content (AvgIpc) is 2.57. The summed E-state index contributed by atoms with van der Waals surface area (Å²) in [6.07, 6.45) is 2.19. The molecule has 6 heteroatoms. The number of ether oxygens (including phenoxy) is 5. The van der Waals surface area contributed by atoms with Gasteiger partial charge in [-0.2, -0.15) is 0 Å². The lowest BCUT2D eigenvalue weighted by molar-refractivity contribution is -0.329. The highest BCUT2D eigenvalue weighted by Crippen LogP contribution is 2.36. The number of allylic oxidation sites excluding steroid dienone is 1. The van der Waals surface area contributed by atoms with Crippen LogP contribution in [0.1, 0.15) is 19.3 Å². The van der Waals surface area contributed by atoms with Crippen LogP contribution in [-0.4, -0.2) is 69.9 Å². The maximum absolute atomic E-state index is 11.2. The number of hydrogen-bond donors (Lipinski definition) is 1. The van der Waals surface area contributed by atoms with Crippen LogP contribution in [0.3, 0.4) is 0 Å². The Kier molecular flexibility index (Phi) is 8.39. The van der Waals surface area contributed by atoms with Gasteiger partial charge >= 0.3 is 0 Å². The van der Waals surface area contributed by atoms with Crippen molar-refractivity contribution in [2.45, 2.75) is 55.6 Å². The van der Waals surface area contributed by atoms with E-state index in [4.69, 9.17) is 23.7 Å². The van der Waals surface area contributed by atoms with Gasteiger partial charge in [-0.05, 0) is 19.3 Å². The predicted octanol–water partition coefficient (Wildman–Crippen LogP) is 1.68. The summed E-state index contributed by atoms with van der Waals surface area (Å²) in [7, 11) is 6.24. The van der Waals surface area contributed by atoms with Crippen molar-refractivity contribution >= 4 is 0 Å². The van der Waals surface area contributed by atoms with E-state index in [0.717, 1.165) is 0 Å². The van der Waals surface area contributed by atoms with Gasteiger partial charge in [0.15, 0.2) is 6.29 Å². The Bertz CT molecular complexity index is 374. The van der Waals surface area contributed by atoms with Crippen LogP contribution in [0.2, 0.25) is 0 Å². The van der Waals surface area contributed by atoms with Crippen LogP contribution in [0.5, 0.6) is 0 Å². The van der Waals surface area contributed by atoms with Gasteiger partial charge in [0.2, 0.25) is 0 Å². The summed E-state index contributed by atoms with van der Waals surface area (Å²) in [4.78, 5) is 0. The van der Waals surface area contributed by atoms with Crippen LogP contribution in [0.25, 0.3) is 0 Å². The second-order valence-electron chi connectivity index (χ2n) is 5.69. The van der Waals surface area contributed by atoms with Crippen molar-refractivity contribution in [1.29, 1.82) is 0 Å². The topological polar surface area (TPSA) is 66.4 Å². The zero-order valence-electron chi connectivity index (χ0n) is 14.6. The molecule has 0 spiro atoms. The van der Waals surface area contributed by atoms with Crippen LogP contribution in [0.15, 0.2) is 25.3 Å². The molecule has 1 fully saturated rings. The smallest absolute Gasteiger partial charge is 0.186 e. The van der Waals surface area contributed by atoms with E-state index >= 15 is 0 Å². The molecule has 6 atom stereocenters. The van der Waals surface area contributed by atoms with E-state index in [2.05, 4.69) is 13.2 Å². The first-order valence-electron chi connectivity index (χ1n) is 7.73. The monoisotopic (exact) mass is 330 g/mol. The van der Waals surface area contributed by atoms with Crippen LogP contribution in [0, 0.1) is 0 Å². The van der Waals surface area contributed by atoms with Crippen molar-refractivity contribution in [3.63, 3.8) is 0 Å². The molecule has 0 aromatic rings. The normalized spacial score (nSPS) is 33.9. The van der Waals surface area contributed by atoms with Gasteiger partial charge in [-0.3, -0.25) is 0 Å². The van der Waals surface area contributed by atoms with Crippen molar-refractivity contribution in [1.82, 2.24) is 0 Å². The van der Waals surface area contributed by atoms with Gasteiger partial charge in [-0.25, -0.2) is 0 Å². The van der Waals surface area contributed by atoms with E-state index in [1.165, 1.54) is 7.11 Å². The van der Waals surface area contributed by atoms with E-state index in [-0.39, 0.29) is 0 Å². The maximum atomic E-state index is 11.2. The molecule has 0 aromatic heterocycles. The molecule has 0 radical (unpaired) electrons. The second-order valence-corrected chi connectivity index (χ2v) is 5.69. The van der Waals surface area contributed by atoms with E-state index < -0.39 is 36.3 Å². The van der Waals surface area contributed by atoms with E-state index in [1.54, 1.807) is 33.5 Å². The molecule has 1 aliphatic rings. The molecule has 23 heavy (non-hydrogen) atoms. The van der Waals surface area contributed by atoms with Gasteiger partial charge in [0.25, 0.3) is 0 Å². The molecule has 0 bridgehead atoms. The highest BCUT2D eigenvalue weighted by Gasteiger charge is 2.54. The highest BCUT2D eigenvalue weighted by molar-refractivity contribution is 5.04. The average molecular weight is 330 g/mol. The Morgan fingerprint density at radius 1 is 0.957 bits per heavy atom. The maximum Gasteiger partial charge on any atom is 0.186 e. The molecule has 1 N–H and O–H groups in total. The number of rotatable bonds is 10. The van der Waals surface area contributed by atoms with Crippen LogP contribution in [-0.2, 0) is 23.7 Å². The number of aliphatic hydroxyl groups is 1. The summed E-state index contributed by atoms with van der Waals surface area (Å²) in [5, 5.41) is 11.2. The lowest BCUT2D eigenvalue weighted by Crippen LogP contribution is -2.66. The zero-order chi connectivity index (χ0) is 17.5. The lowest BCUT2D eigenvalue weighted by atomic mass is 9.81. The van der Waals surface area contributed by atoms with E-state index in [9.17, 15) is 5.11 Å².